The maximum absolute atomic E-state index is 12.1. The number of hydrogen-bond donors (Lipinski definition) is 3. The number of nitrogens with two attached hydrogens (primary N) is 1. The number of piperazine rings is 1. The number of nitrogens with one attached hydrogen (secondary N) is 1. The summed E-state index contributed by atoms with van der Waals surface area (Å²) in [5.74, 6) is 1.18. The molecule has 1 aromatic carbocycles. The van der Waals surface area contributed by atoms with Crippen LogP contribution in [0.4, 0.5) is 23.0 Å². The number of benzene rings is 1. The van der Waals surface area contributed by atoms with Crippen molar-refractivity contribution in [2.45, 2.75) is 13.8 Å². The van der Waals surface area contributed by atoms with E-state index < -0.39 is 0 Å². The fourth-order valence-corrected chi connectivity index (χ4v) is 3.21. The van der Waals surface area contributed by atoms with Crippen LogP contribution in [0.15, 0.2) is 30.6 Å². The number of aliphatic hydroxyl groups is 1. The van der Waals surface area contributed by atoms with E-state index in [0.29, 0.717) is 42.0 Å². The third-order valence-electron chi connectivity index (χ3n) is 4.88. The minimum absolute atomic E-state index is 0.165. The maximum Gasteiger partial charge on any atom is 0.338 e. The number of aliphatic hydroxyl groups excluding tert-OH is 1. The van der Waals surface area contributed by atoms with Crippen molar-refractivity contribution in [3.8, 4) is 0 Å². The number of hydrogen-bond acceptors (Lipinski definition) is 9. The van der Waals surface area contributed by atoms with Crippen LogP contribution in [0.3, 0.4) is 0 Å². The fraction of sp³-hybridized carbons (Fsp3) is 0.476. The third kappa shape index (κ3) is 5.58. The van der Waals surface area contributed by atoms with E-state index in [0.717, 1.165) is 31.9 Å². The van der Waals surface area contributed by atoms with Crippen LogP contribution in [0.5, 0.6) is 0 Å². The predicted octanol–water partition coefficient (Wildman–Crippen LogP) is 1.73. The number of ether oxygens (including phenoxy) is 1. The second-order valence-corrected chi connectivity index (χ2v) is 7.71. The normalized spacial score (nSPS) is 14.7. The van der Waals surface area contributed by atoms with Crippen LogP contribution in [0.1, 0.15) is 24.2 Å². The highest BCUT2D eigenvalue weighted by atomic mass is 16.5. The van der Waals surface area contributed by atoms with Gasteiger partial charge in [-0.25, -0.2) is 14.8 Å². The van der Waals surface area contributed by atoms with Crippen LogP contribution >= 0.6 is 0 Å². The molecule has 1 fully saturated rings. The Balaban J connectivity index is 1.65. The Hall–Kier alpha value is -2.91. The molecule has 9 nitrogen and oxygen atoms in total. The zero-order valence-electron chi connectivity index (χ0n) is 17.5. The lowest BCUT2D eigenvalue weighted by molar-refractivity contribution is 0.0459. The SMILES string of the molecule is CC(C)COC(=O)c1ccc(Nc2ncnc(N3CCN(CCO)CC3)c2N)cc1. The van der Waals surface area contributed by atoms with Gasteiger partial charge in [0.2, 0.25) is 0 Å². The maximum atomic E-state index is 12.1. The number of aromatic nitrogens is 2. The van der Waals surface area contributed by atoms with E-state index >= 15 is 0 Å². The molecule has 0 amide bonds. The monoisotopic (exact) mass is 414 g/mol. The number of carbonyl (C=O) groups is 1. The Labute approximate surface area is 176 Å². The van der Waals surface area contributed by atoms with Crippen molar-refractivity contribution in [2.75, 3.05) is 61.9 Å². The molecule has 0 saturated carbocycles. The average molecular weight is 415 g/mol. The summed E-state index contributed by atoms with van der Waals surface area (Å²) < 4.78 is 5.25. The molecule has 1 aromatic heterocycles. The molecule has 1 aliphatic rings. The van der Waals surface area contributed by atoms with Gasteiger partial charge in [-0.15, -0.1) is 0 Å². The minimum Gasteiger partial charge on any atom is -0.462 e. The van der Waals surface area contributed by atoms with Crippen molar-refractivity contribution in [3.05, 3.63) is 36.2 Å². The van der Waals surface area contributed by atoms with Crippen molar-refractivity contribution in [2.24, 2.45) is 5.92 Å². The van der Waals surface area contributed by atoms with Crippen molar-refractivity contribution in [3.63, 3.8) is 0 Å². The van der Waals surface area contributed by atoms with E-state index in [1.165, 1.54) is 6.33 Å². The molecule has 0 unspecified atom stereocenters. The summed E-state index contributed by atoms with van der Waals surface area (Å²) in [6.45, 7) is 8.50. The molecule has 0 aliphatic carbocycles. The highest BCUT2D eigenvalue weighted by molar-refractivity contribution is 5.90. The summed E-state index contributed by atoms with van der Waals surface area (Å²) in [7, 11) is 0. The lowest BCUT2D eigenvalue weighted by Crippen LogP contribution is -2.47. The van der Waals surface area contributed by atoms with E-state index in [9.17, 15) is 4.79 Å². The first-order valence-electron chi connectivity index (χ1n) is 10.2. The predicted molar refractivity (Wildman–Crippen MR) is 117 cm³/mol. The van der Waals surface area contributed by atoms with Gasteiger partial charge in [0.15, 0.2) is 11.6 Å². The Bertz CT molecular complexity index is 835. The zero-order chi connectivity index (χ0) is 21.5. The van der Waals surface area contributed by atoms with Crippen LogP contribution in [0.2, 0.25) is 0 Å². The van der Waals surface area contributed by atoms with Crippen LogP contribution < -0.4 is 16.0 Å². The summed E-state index contributed by atoms with van der Waals surface area (Å²) in [5, 5.41) is 12.3. The largest absolute Gasteiger partial charge is 0.462 e. The van der Waals surface area contributed by atoms with Crippen LogP contribution in [-0.4, -0.2) is 71.9 Å². The molecule has 2 aromatic rings. The quantitative estimate of drug-likeness (QED) is 0.555. The molecule has 30 heavy (non-hydrogen) atoms. The molecular weight excluding hydrogens is 384 g/mol. The van der Waals surface area contributed by atoms with Crippen LogP contribution in [-0.2, 0) is 4.74 Å². The molecule has 1 saturated heterocycles. The highest BCUT2D eigenvalue weighted by Crippen LogP contribution is 2.29. The van der Waals surface area contributed by atoms with Crippen LogP contribution in [0.25, 0.3) is 0 Å². The summed E-state index contributed by atoms with van der Waals surface area (Å²) in [5.41, 5.74) is 8.09. The van der Waals surface area contributed by atoms with E-state index in [1.54, 1.807) is 24.3 Å². The Morgan fingerprint density at radius 2 is 1.90 bits per heavy atom. The van der Waals surface area contributed by atoms with Gasteiger partial charge in [0.1, 0.15) is 12.0 Å². The van der Waals surface area contributed by atoms with Crippen LogP contribution in [0, 0.1) is 5.92 Å². The molecule has 1 aliphatic heterocycles. The van der Waals surface area contributed by atoms with Crippen molar-refractivity contribution >= 4 is 29.0 Å². The summed E-state index contributed by atoms with van der Waals surface area (Å²) in [4.78, 5) is 25.0. The molecule has 0 bridgehead atoms. The van der Waals surface area contributed by atoms with E-state index in [1.807, 2.05) is 13.8 Å². The number of esters is 1. The van der Waals surface area contributed by atoms with Gasteiger partial charge in [0.25, 0.3) is 0 Å². The van der Waals surface area contributed by atoms with Gasteiger partial charge >= 0.3 is 5.97 Å². The third-order valence-corrected chi connectivity index (χ3v) is 4.88. The Morgan fingerprint density at radius 1 is 1.20 bits per heavy atom. The standard InChI is InChI=1S/C21H30N6O3/c1-15(2)13-30-21(29)16-3-5-17(6-4-16)25-19-18(22)20(24-14-23-19)27-9-7-26(8-10-27)11-12-28/h3-6,14-15,28H,7-13,22H2,1-2H3,(H,23,24,25). The molecule has 3 rings (SSSR count). The first kappa shape index (κ1) is 21.8. The van der Waals surface area contributed by atoms with Gasteiger partial charge in [-0.3, -0.25) is 4.90 Å². The minimum atomic E-state index is -0.334. The zero-order valence-corrected chi connectivity index (χ0v) is 17.5. The molecule has 162 valence electrons. The molecular formula is C21H30N6O3. The Morgan fingerprint density at radius 3 is 2.53 bits per heavy atom. The second-order valence-electron chi connectivity index (χ2n) is 7.71. The fourth-order valence-electron chi connectivity index (χ4n) is 3.21. The van der Waals surface area contributed by atoms with Crippen molar-refractivity contribution < 1.29 is 14.6 Å². The molecule has 2 heterocycles. The smallest absolute Gasteiger partial charge is 0.338 e. The first-order valence-corrected chi connectivity index (χ1v) is 10.2. The summed E-state index contributed by atoms with van der Waals surface area (Å²) >= 11 is 0. The number of rotatable bonds is 8. The summed E-state index contributed by atoms with van der Waals surface area (Å²) in [6, 6.07) is 7.01. The number of nitrogens with zero attached hydrogens (tertiary/aromatic N) is 4. The van der Waals surface area contributed by atoms with Crippen molar-refractivity contribution in [1.29, 1.82) is 0 Å². The topological polar surface area (TPSA) is 117 Å². The Kier molecular flexibility index (Phi) is 7.42. The number of carbonyl (C=O) groups excluding carboxylic acids is 1. The second kappa shape index (κ2) is 10.2. The van der Waals surface area contributed by atoms with Gasteiger partial charge in [-0.1, -0.05) is 13.8 Å². The highest BCUT2D eigenvalue weighted by Gasteiger charge is 2.21. The molecule has 9 heteroatoms. The number of β-amino-alcohol motifs (C(OH)–C–C–N with tert-alkyl or cyclic N) is 1. The summed E-state index contributed by atoms with van der Waals surface area (Å²) in [6.07, 6.45) is 1.49. The van der Waals surface area contributed by atoms with E-state index in [4.69, 9.17) is 15.6 Å². The van der Waals surface area contributed by atoms with Gasteiger partial charge in [-0.2, -0.15) is 0 Å². The number of anilines is 4. The van der Waals surface area contributed by atoms with Crippen molar-refractivity contribution in [1.82, 2.24) is 14.9 Å². The lowest BCUT2D eigenvalue weighted by atomic mass is 10.2. The van der Waals surface area contributed by atoms with Gasteiger partial charge < -0.3 is 25.8 Å². The van der Waals surface area contributed by atoms with E-state index in [2.05, 4.69) is 25.1 Å². The van der Waals surface area contributed by atoms with Gasteiger partial charge in [-0.05, 0) is 30.2 Å². The van der Waals surface area contributed by atoms with Gasteiger partial charge in [0.05, 0.1) is 18.8 Å². The molecule has 0 radical (unpaired) electrons. The number of nitrogen functional groups attached to an aromatic ring is 1. The molecule has 0 spiro atoms. The average Bonchev–Trinajstić information content (AvgIpc) is 2.75. The van der Waals surface area contributed by atoms with E-state index in [-0.39, 0.29) is 12.6 Å². The molecule has 4 N–H and O–H groups in total. The molecule has 0 atom stereocenters. The lowest BCUT2D eigenvalue weighted by Gasteiger charge is -2.35. The van der Waals surface area contributed by atoms with Gasteiger partial charge in [0, 0.05) is 38.4 Å². The first-order chi connectivity index (χ1) is 14.5.